The summed E-state index contributed by atoms with van der Waals surface area (Å²) in [5.74, 6) is 1.38. The van der Waals surface area contributed by atoms with Gasteiger partial charge in [0.25, 0.3) is 10.8 Å². The SMILES string of the molecule is Nc1cc(=O)[nH]c(SCCCc2nnc(SCC(=O)Nc3ccncc3)o2)n1. The summed E-state index contributed by atoms with van der Waals surface area (Å²) in [4.78, 5) is 33.8. The van der Waals surface area contributed by atoms with Gasteiger partial charge in [0.05, 0.1) is 5.75 Å². The highest BCUT2D eigenvalue weighted by Crippen LogP contribution is 2.19. The Hall–Kier alpha value is -2.86. The lowest BCUT2D eigenvalue weighted by molar-refractivity contribution is -0.113. The van der Waals surface area contributed by atoms with Crippen molar-refractivity contribution in [3.05, 3.63) is 46.8 Å². The standard InChI is InChI=1S/C16H17N7O3S2/c17-11-8-12(24)21-15(20-11)27-7-1-2-14-22-23-16(26-14)28-9-13(25)19-10-3-5-18-6-4-10/h3-6,8H,1-2,7,9H2,(H,18,19,25)(H3,17,20,21,24). The van der Waals surface area contributed by atoms with E-state index in [1.165, 1.54) is 29.6 Å². The number of anilines is 2. The van der Waals surface area contributed by atoms with Crippen molar-refractivity contribution in [3.8, 4) is 0 Å². The molecule has 0 aliphatic rings. The number of aryl methyl sites for hydroxylation is 1. The molecule has 0 fully saturated rings. The number of nitrogens with one attached hydrogen (secondary N) is 2. The molecular weight excluding hydrogens is 402 g/mol. The number of hydrogen-bond donors (Lipinski definition) is 3. The van der Waals surface area contributed by atoms with Gasteiger partial charge < -0.3 is 20.5 Å². The molecule has 3 aromatic heterocycles. The molecule has 0 radical (unpaired) electrons. The van der Waals surface area contributed by atoms with Crippen molar-refractivity contribution in [2.75, 3.05) is 22.6 Å². The lowest BCUT2D eigenvalue weighted by Gasteiger charge is -2.02. The first-order chi connectivity index (χ1) is 13.6. The monoisotopic (exact) mass is 419 g/mol. The van der Waals surface area contributed by atoms with Crippen LogP contribution in [0.25, 0.3) is 0 Å². The molecule has 1 amide bonds. The van der Waals surface area contributed by atoms with Gasteiger partial charge in [0, 0.05) is 36.3 Å². The number of carbonyl (C=O) groups is 1. The highest BCUT2D eigenvalue weighted by molar-refractivity contribution is 7.99. The summed E-state index contributed by atoms with van der Waals surface area (Å²) in [5.41, 5.74) is 5.94. The molecule has 0 unspecified atom stereocenters. The number of hydrogen-bond acceptors (Lipinski definition) is 10. The third-order valence-corrected chi connectivity index (χ3v) is 5.03. The number of nitrogen functional groups attached to an aromatic ring is 1. The zero-order chi connectivity index (χ0) is 19.8. The van der Waals surface area contributed by atoms with Gasteiger partial charge in [-0.05, 0) is 18.6 Å². The fourth-order valence-electron chi connectivity index (χ4n) is 2.07. The predicted octanol–water partition coefficient (Wildman–Crippen LogP) is 1.59. The van der Waals surface area contributed by atoms with Crippen LogP contribution in [0.1, 0.15) is 12.3 Å². The Kier molecular flexibility index (Phi) is 7.03. The number of nitrogens with two attached hydrogens (primary N) is 1. The van der Waals surface area contributed by atoms with Gasteiger partial charge in [0.15, 0.2) is 5.16 Å². The minimum absolute atomic E-state index is 0.161. The van der Waals surface area contributed by atoms with E-state index in [-0.39, 0.29) is 23.0 Å². The molecule has 3 rings (SSSR count). The average Bonchev–Trinajstić information content (AvgIpc) is 3.12. The minimum atomic E-state index is -0.276. The Morgan fingerprint density at radius 3 is 2.86 bits per heavy atom. The van der Waals surface area contributed by atoms with Gasteiger partial charge in [-0.15, -0.1) is 10.2 Å². The van der Waals surface area contributed by atoms with E-state index in [0.717, 1.165) is 6.42 Å². The molecule has 0 spiro atoms. The van der Waals surface area contributed by atoms with Crippen molar-refractivity contribution in [2.24, 2.45) is 0 Å². The maximum absolute atomic E-state index is 11.9. The Morgan fingerprint density at radius 2 is 2.07 bits per heavy atom. The van der Waals surface area contributed by atoms with Crippen molar-refractivity contribution in [2.45, 2.75) is 23.2 Å². The van der Waals surface area contributed by atoms with E-state index < -0.39 is 0 Å². The van der Waals surface area contributed by atoms with Crippen LogP contribution in [0.4, 0.5) is 11.5 Å². The summed E-state index contributed by atoms with van der Waals surface area (Å²) in [7, 11) is 0. The van der Waals surface area contributed by atoms with Gasteiger partial charge in [-0.2, -0.15) is 0 Å². The van der Waals surface area contributed by atoms with Crippen molar-refractivity contribution >= 4 is 40.9 Å². The number of pyridine rings is 1. The molecule has 0 saturated heterocycles. The molecule has 0 bridgehead atoms. The summed E-state index contributed by atoms with van der Waals surface area (Å²) in [6.45, 7) is 0. The molecular formula is C16H17N7O3S2. The molecule has 0 aromatic carbocycles. The quantitative estimate of drug-likeness (QED) is 0.265. The average molecular weight is 419 g/mol. The normalized spacial score (nSPS) is 10.7. The zero-order valence-electron chi connectivity index (χ0n) is 14.6. The molecule has 3 aromatic rings. The molecule has 4 N–H and O–H groups in total. The molecule has 3 heterocycles. The van der Waals surface area contributed by atoms with Gasteiger partial charge in [0.2, 0.25) is 11.8 Å². The van der Waals surface area contributed by atoms with Crippen LogP contribution in [0.2, 0.25) is 0 Å². The maximum atomic E-state index is 11.9. The van der Waals surface area contributed by atoms with Crippen LogP contribution < -0.4 is 16.6 Å². The molecule has 0 aliphatic heterocycles. The minimum Gasteiger partial charge on any atom is -0.416 e. The molecule has 12 heteroatoms. The van der Waals surface area contributed by atoms with Gasteiger partial charge in [0.1, 0.15) is 5.82 Å². The van der Waals surface area contributed by atoms with Crippen LogP contribution in [-0.2, 0) is 11.2 Å². The van der Waals surface area contributed by atoms with Gasteiger partial charge >= 0.3 is 0 Å². The Labute approximate surface area is 168 Å². The molecule has 10 nitrogen and oxygen atoms in total. The van der Waals surface area contributed by atoms with Crippen LogP contribution in [0, 0.1) is 0 Å². The highest BCUT2D eigenvalue weighted by atomic mass is 32.2. The maximum Gasteiger partial charge on any atom is 0.277 e. The van der Waals surface area contributed by atoms with Crippen LogP contribution in [-0.4, -0.2) is 42.6 Å². The summed E-state index contributed by atoms with van der Waals surface area (Å²) in [6.07, 6.45) is 4.53. The predicted molar refractivity (Wildman–Crippen MR) is 106 cm³/mol. The number of thioether (sulfide) groups is 2. The number of aromatic nitrogens is 5. The molecule has 0 atom stereocenters. The van der Waals surface area contributed by atoms with E-state index in [9.17, 15) is 9.59 Å². The van der Waals surface area contributed by atoms with E-state index in [1.807, 2.05) is 0 Å². The van der Waals surface area contributed by atoms with Crippen molar-refractivity contribution in [1.82, 2.24) is 25.1 Å². The lowest BCUT2D eigenvalue weighted by atomic mass is 10.3. The first-order valence-corrected chi connectivity index (χ1v) is 10.2. The van der Waals surface area contributed by atoms with Crippen LogP contribution in [0.5, 0.6) is 0 Å². The van der Waals surface area contributed by atoms with Gasteiger partial charge in [-0.3, -0.25) is 14.6 Å². The van der Waals surface area contributed by atoms with Crippen molar-refractivity contribution in [1.29, 1.82) is 0 Å². The Balaban J connectivity index is 1.38. The number of amides is 1. The van der Waals surface area contributed by atoms with E-state index >= 15 is 0 Å². The lowest BCUT2D eigenvalue weighted by Crippen LogP contribution is -2.13. The van der Waals surface area contributed by atoms with Crippen LogP contribution in [0.15, 0.2) is 50.2 Å². The third kappa shape index (κ3) is 6.39. The first-order valence-electron chi connectivity index (χ1n) is 8.23. The van der Waals surface area contributed by atoms with Crippen LogP contribution >= 0.6 is 23.5 Å². The van der Waals surface area contributed by atoms with Gasteiger partial charge in [-0.1, -0.05) is 23.5 Å². The van der Waals surface area contributed by atoms with Gasteiger partial charge in [-0.25, -0.2) is 4.98 Å². The molecule has 28 heavy (non-hydrogen) atoms. The second kappa shape index (κ2) is 9.90. The summed E-state index contributed by atoms with van der Waals surface area (Å²) in [6, 6.07) is 4.65. The highest BCUT2D eigenvalue weighted by Gasteiger charge is 2.10. The number of nitrogens with zero attached hydrogens (tertiary/aromatic N) is 4. The van der Waals surface area contributed by atoms with Crippen LogP contribution in [0.3, 0.4) is 0 Å². The molecule has 0 saturated carbocycles. The fraction of sp³-hybridized carbons (Fsp3) is 0.250. The smallest absolute Gasteiger partial charge is 0.277 e. The topological polar surface area (TPSA) is 153 Å². The number of rotatable bonds is 9. The summed E-state index contributed by atoms with van der Waals surface area (Å²) in [5, 5.41) is 11.5. The third-order valence-electron chi connectivity index (χ3n) is 3.25. The van der Waals surface area contributed by atoms with E-state index in [0.29, 0.717) is 34.1 Å². The number of carbonyl (C=O) groups excluding carboxylic acids is 1. The van der Waals surface area contributed by atoms with E-state index in [2.05, 4.69) is 30.5 Å². The Bertz CT molecular complexity index is 978. The summed E-state index contributed by atoms with van der Waals surface area (Å²) < 4.78 is 5.52. The largest absolute Gasteiger partial charge is 0.416 e. The van der Waals surface area contributed by atoms with Crippen molar-refractivity contribution in [3.63, 3.8) is 0 Å². The van der Waals surface area contributed by atoms with Crippen molar-refractivity contribution < 1.29 is 9.21 Å². The second-order valence-electron chi connectivity index (χ2n) is 5.46. The first kappa shape index (κ1) is 19.9. The zero-order valence-corrected chi connectivity index (χ0v) is 16.3. The molecule has 0 aliphatic carbocycles. The fourth-order valence-corrected chi connectivity index (χ4v) is 3.48. The number of aromatic amines is 1. The molecule has 146 valence electrons. The van der Waals surface area contributed by atoms with E-state index in [1.54, 1.807) is 24.5 Å². The number of H-pyrrole nitrogens is 1. The van der Waals surface area contributed by atoms with E-state index in [4.69, 9.17) is 10.2 Å². The Morgan fingerprint density at radius 1 is 1.25 bits per heavy atom. The second-order valence-corrected chi connectivity index (χ2v) is 7.47. The summed E-state index contributed by atoms with van der Waals surface area (Å²) >= 11 is 2.56.